The lowest BCUT2D eigenvalue weighted by Gasteiger charge is -1.97. The van der Waals surface area contributed by atoms with Crippen molar-refractivity contribution in [2.75, 3.05) is 5.73 Å². The van der Waals surface area contributed by atoms with Gasteiger partial charge in [0.05, 0.1) is 0 Å². The standard InChI is InChI=1S/C12H14N2O/c1-3-11-14-12(8(2)15-11)9-4-6-10(13)7-5-9/h4-7H,3,13H2,1-2H3. The van der Waals surface area contributed by atoms with Crippen LogP contribution in [0.1, 0.15) is 18.6 Å². The summed E-state index contributed by atoms with van der Waals surface area (Å²) >= 11 is 0. The molecule has 2 aromatic rings. The molecule has 0 radical (unpaired) electrons. The molecule has 2 rings (SSSR count). The van der Waals surface area contributed by atoms with E-state index in [9.17, 15) is 0 Å². The highest BCUT2D eigenvalue weighted by Crippen LogP contribution is 2.24. The van der Waals surface area contributed by atoms with Crippen molar-refractivity contribution in [2.45, 2.75) is 20.3 Å². The molecule has 0 amide bonds. The Morgan fingerprint density at radius 1 is 1.27 bits per heavy atom. The van der Waals surface area contributed by atoms with E-state index in [0.717, 1.165) is 35.0 Å². The van der Waals surface area contributed by atoms with E-state index in [1.807, 2.05) is 38.1 Å². The Morgan fingerprint density at radius 2 is 1.93 bits per heavy atom. The molecule has 0 aliphatic heterocycles. The van der Waals surface area contributed by atoms with Gasteiger partial charge in [-0.2, -0.15) is 0 Å². The molecule has 0 bridgehead atoms. The van der Waals surface area contributed by atoms with Crippen LogP contribution in [0.5, 0.6) is 0 Å². The molecule has 3 heteroatoms. The van der Waals surface area contributed by atoms with E-state index in [1.165, 1.54) is 0 Å². The van der Waals surface area contributed by atoms with E-state index in [0.29, 0.717) is 0 Å². The second-order valence-corrected chi connectivity index (χ2v) is 3.49. The first-order valence-corrected chi connectivity index (χ1v) is 5.03. The highest BCUT2D eigenvalue weighted by atomic mass is 16.4. The van der Waals surface area contributed by atoms with E-state index in [2.05, 4.69) is 4.98 Å². The Bertz CT molecular complexity index is 457. The zero-order chi connectivity index (χ0) is 10.8. The number of nitrogens with zero attached hydrogens (tertiary/aromatic N) is 1. The molecular formula is C12H14N2O. The highest BCUT2D eigenvalue weighted by Gasteiger charge is 2.09. The van der Waals surface area contributed by atoms with Crippen molar-refractivity contribution in [3.63, 3.8) is 0 Å². The number of rotatable bonds is 2. The van der Waals surface area contributed by atoms with Gasteiger partial charge in [0.2, 0.25) is 0 Å². The summed E-state index contributed by atoms with van der Waals surface area (Å²) in [7, 11) is 0. The van der Waals surface area contributed by atoms with Gasteiger partial charge in [0.15, 0.2) is 5.89 Å². The smallest absolute Gasteiger partial charge is 0.194 e. The molecule has 0 unspecified atom stereocenters. The Balaban J connectivity index is 2.44. The molecule has 0 atom stereocenters. The summed E-state index contributed by atoms with van der Waals surface area (Å²) in [6.45, 7) is 3.95. The lowest BCUT2D eigenvalue weighted by Crippen LogP contribution is -1.85. The molecule has 0 spiro atoms. The summed E-state index contributed by atoms with van der Waals surface area (Å²) in [5, 5.41) is 0. The van der Waals surface area contributed by atoms with Crippen LogP contribution in [0.25, 0.3) is 11.3 Å². The lowest BCUT2D eigenvalue weighted by molar-refractivity contribution is 0.477. The van der Waals surface area contributed by atoms with Gasteiger partial charge < -0.3 is 10.2 Å². The Morgan fingerprint density at radius 3 is 2.47 bits per heavy atom. The van der Waals surface area contributed by atoms with Crippen molar-refractivity contribution in [1.82, 2.24) is 4.98 Å². The highest BCUT2D eigenvalue weighted by molar-refractivity contribution is 5.63. The second kappa shape index (κ2) is 3.77. The number of anilines is 1. The minimum atomic E-state index is 0.760. The maximum atomic E-state index is 5.63. The van der Waals surface area contributed by atoms with Crippen molar-refractivity contribution in [3.05, 3.63) is 35.9 Å². The molecule has 0 saturated carbocycles. The average molecular weight is 202 g/mol. The Kier molecular flexibility index (Phi) is 2.46. The van der Waals surface area contributed by atoms with Gasteiger partial charge in [-0.3, -0.25) is 0 Å². The van der Waals surface area contributed by atoms with Crippen LogP contribution in [0.2, 0.25) is 0 Å². The third kappa shape index (κ3) is 1.86. The number of hydrogen-bond donors (Lipinski definition) is 1. The number of benzene rings is 1. The molecule has 15 heavy (non-hydrogen) atoms. The number of nitrogens with two attached hydrogens (primary N) is 1. The van der Waals surface area contributed by atoms with Gasteiger partial charge in [-0.1, -0.05) is 19.1 Å². The van der Waals surface area contributed by atoms with Crippen LogP contribution >= 0.6 is 0 Å². The molecule has 3 nitrogen and oxygen atoms in total. The first kappa shape index (κ1) is 9.77. The summed E-state index contributed by atoms with van der Waals surface area (Å²) in [6, 6.07) is 7.66. The van der Waals surface area contributed by atoms with Crippen LogP contribution in [-0.4, -0.2) is 4.98 Å². The van der Waals surface area contributed by atoms with Crippen molar-refractivity contribution in [1.29, 1.82) is 0 Å². The van der Waals surface area contributed by atoms with Crippen molar-refractivity contribution in [3.8, 4) is 11.3 Å². The van der Waals surface area contributed by atoms with E-state index >= 15 is 0 Å². The summed E-state index contributed by atoms with van der Waals surface area (Å²) in [4.78, 5) is 4.42. The SMILES string of the molecule is CCc1nc(-c2ccc(N)cc2)c(C)o1. The van der Waals surface area contributed by atoms with Crippen LogP contribution in [0.4, 0.5) is 5.69 Å². The third-order valence-electron chi connectivity index (χ3n) is 2.33. The number of oxazole rings is 1. The number of nitrogen functional groups attached to an aromatic ring is 1. The second-order valence-electron chi connectivity index (χ2n) is 3.49. The molecule has 1 aromatic carbocycles. The normalized spacial score (nSPS) is 10.5. The van der Waals surface area contributed by atoms with E-state index in [4.69, 9.17) is 10.2 Å². The first-order chi connectivity index (χ1) is 7.20. The van der Waals surface area contributed by atoms with Crippen LogP contribution < -0.4 is 5.73 Å². The molecule has 2 N–H and O–H groups in total. The quantitative estimate of drug-likeness (QED) is 0.762. The zero-order valence-corrected chi connectivity index (χ0v) is 8.95. The van der Waals surface area contributed by atoms with Crippen LogP contribution in [0, 0.1) is 6.92 Å². The minimum Gasteiger partial charge on any atom is -0.445 e. The monoisotopic (exact) mass is 202 g/mol. The molecule has 78 valence electrons. The fraction of sp³-hybridized carbons (Fsp3) is 0.250. The Labute approximate surface area is 88.9 Å². The number of aryl methyl sites for hydroxylation is 2. The van der Waals surface area contributed by atoms with E-state index in [1.54, 1.807) is 0 Å². The number of hydrogen-bond acceptors (Lipinski definition) is 3. The molecular weight excluding hydrogens is 188 g/mol. The number of aromatic nitrogens is 1. The molecule has 0 saturated heterocycles. The largest absolute Gasteiger partial charge is 0.445 e. The van der Waals surface area contributed by atoms with E-state index < -0.39 is 0 Å². The summed E-state index contributed by atoms with van der Waals surface area (Å²) in [5.74, 6) is 1.64. The molecule has 0 aliphatic carbocycles. The third-order valence-corrected chi connectivity index (χ3v) is 2.33. The van der Waals surface area contributed by atoms with Gasteiger partial charge in [0, 0.05) is 17.7 Å². The maximum Gasteiger partial charge on any atom is 0.194 e. The molecule has 0 aliphatic rings. The first-order valence-electron chi connectivity index (χ1n) is 5.03. The zero-order valence-electron chi connectivity index (χ0n) is 8.95. The average Bonchev–Trinajstić information content (AvgIpc) is 2.61. The maximum absolute atomic E-state index is 5.63. The van der Waals surface area contributed by atoms with Crippen LogP contribution in [0.15, 0.2) is 28.7 Å². The van der Waals surface area contributed by atoms with Crippen molar-refractivity contribution >= 4 is 5.69 Å². The molecule has 1 aromatic heterocycles. The predicted molar refractivity (Wildman–Crippen MR) is 60.5 cm³/mol. The predicted octanol–water partition coefficient (Wildman–Crippen LogP) is 2.79. The van der Waals surface area contributed by atoms with Crippen LogP contribution in [-0.2, 0) is 6.42 Å². The van der Waals surface area contributed by atoms with Crippen LogP contribution in [0.3, 0.4) is 0 Å². The topological polar surface area (TPSA) is 52.0 Å². The van der Waals surface area contributed by atoms with Crippen molar-refractivity contribution in [2.24, 2.45) is 0 Å². The fourth-order valence-electron chi connectivity index (χ4n) is 1.51. The van der Waals surface area contributed by atoms with E-state index in [-0.39, 0.29) is 0 Å². The molecule has 1 heterocycles. The van der Waals surface area contributed by atoms with Gasteiger partial charge >= 0.3 is 0 Å². The lowest BCUT2D eigenvalue weighted by atomic mass is 10.1. The fourth-order valence-corrected chi connectivity index (χ4v) is 1.51. The summed E-state index contributed by atoms with van der Waals surface area (Å²) < 4.78 is 5.51. The van der Waals surface area contributed by atoms with Gasteiger partial charge in [-0.25, -0.2) is 4.98 Å². The summed E-state index contributed by atoms with van der Waals surface area (Å²) in [6.07, 6.45) is 0.815. The minimum absolute atomic E-state index is 0.760. The summed E-state index contributed by atoms with van der Waals surface area (Å²) in [5.41, 5.74) is 8.35. The van der Waals surface area contributed by atoms with Gasteiger partial charge in [-0.05, 0) is 19.1 Å². The van der Waals surface area contributed by atoms with Crippen molar-refractivity contribution < 1.29 is 4.42 Å². The molecule has 0 fully saturated rings. The van der Waals surface area contributed by atoms with Gasteiger partial charge in [0.1, 0.15) is 11.5 Å². The Hall–Kier alpha value is -1.77. The van der Waals surface area contributed by atoms with Gasteiger partial charge in [-0.15, -0.1) is 0 Å². The van der Waals surface area contributed by atoms with Gasteiger partial charge in [0.25, 0.3) is 0 Å².